The molecule has 0 aliphatic carbocycles. The summed E-state index contributed by atoms with van der Waals surface area (Å²) in [5.74, 6) is 1.13. The topological polar surface area (TPSA) is 91.3 Å². The maximum absolute atomic E-state index is 12.4. The number of carbonyl (C=O) groups is 1. The van der Waals surface area contributed by atoms with Crippen molar-refractivity contribution in [1.29, 1.82) is 0 Å². The quantitative estimate of drug-likeness (QED) is 0.512. The average Bonchev–Trinajstić information content (AvgIpc) is 2.58. The second-order valence-corrected chi connectivity index (χ2v) is 12.0. The molecule has 9 heteroatoms. The summed E-state index contributed by atoms with van der Waals surface area (Å²) in [6.07, 6.45) is 2.88. The van der Waals surface area contributed by atoms with E-state index < -0.39 is 20.2 Å². The number of amides is 1. The molecule has 1 N–H and O–H groups in total. The molecule has 1 amide bonds. The molecule has 0 saturated carbocycles. The molecule has 8 nitrogen and oxygen atoms in total. The van der Waals surface area contributed by atoms with Gasteiger partial charge in [-0.25, -0.2) is 13.2 Å². The number of piperidine rings is 1. The van der Waals surface area contributed by atoms with E-state index in [2.05, 4.69) is 15.2 Å². The molecule has 1 aliphatic heterocycles. The predicted molar refractivity (Wildman–Crippen MR) is 118 cm³/mol. The zero-order valence-corrected chi connectivity index (χ0v) is 20.2. The van der Waals surface area contributed by atoms with Crippen molar-refractivity contribution in [3.63, 3.8) is 0 Å². The number of sulfone groups is 1. The molecule has 0 aromatic rings. The Morgan fingerprint density at radius 2 is 1.76 bits per heavy atom. The lowest BCUT2D eigenvalue weighted by Crippen LogP contribution is -2.51. The highest BCUT2D eigenvalue weighted by molar-refractivity contribution is 7.92. The number of rotatable bonds is 6. The molecule has 0 spiro atoms. The van der Waals surface area contributed by atoms with Gasteiger partial charge in [0.1, 0.15) is 5.60 Å². The van der Waals surface area contributed by atoms with Gasteiger partial charge in [-0.2, -0.15) is 0 Å². The van der Waals surface area contributed by atoms with Crippen LogP contribution in [0.2, 0.25) is 0 Å². The number of carbonyl (C=O) groups excluding carboxylic acids is 1. The summed E-state index contributed by atoms with van der Waals surface area (Å²) in [4.78, 5) is 20.6. The lowest BCUT2D eigenvalue weighted by molar-refractivity contribution is 0.0214. The van der Waals surface area contributed by atoms with Crippen LogP contribution in [0.3, 0.4) is 0 Å². The Morgan fingerprint density at radius 1 is 1.21 bits per heavy atom. The van der Waals surface area contributed by atoms with Crippen molar-refractivity contribution in [1.82, 2.24) is 15.1 Å². The van der Waals surface area contributed by atoms with Crippen LogP contribution in [0, 0.1) is 5.92 Å². The normalized spacial score (nSPS) is 17.2. The van der Waals surface area contributed by atoms with Crippen LogP contribution in [-0.2, 0) is 14.6 Å². The monoisotopic (exact) mass is 432 g/mol. The van der Waals surface area contributed by atoms with Gasteiger partial charge in [0.2, 0.25) is 0 Å². The highest BCUT2D eigenvalue weighted by Gasteiger charge is 2.32. The Balaban J connectivity index is 2.58. The molecule has 0 aromatic carbocycles. The van der Waals surface area contributed by atoms with E-state index in [1.165, 1.54) is 6.26 Å². The minimum absolute atomic E-state index is 0.261. The van der Waals surface area contributed by atoms with Crippen molar-refractivity contribution in [2.75, 3.05) is 46.0 Å². The average molecular weight is 433 g/mol. The van der Waals surface area contributed by atoms with Crippen LogP contribution in [-0.4, -0.2) is 86.6 Å². The summed E-state index contributed by atoms with van der Waals surface area (Å²) in [5, 5.41) is 3.21. The summed E-state index contributed by atoms with van der Waals surface area (Å²) in [6.45, 7) is 14.3. The maximum Gasteiger partial charge on any atom is 0.410 e. The molecule has 0 radical (unpaired) electrons. The first-order chi connectivity index (χ1) is 13.2. The SMILES string of the molecule is CCN(CC1CCN(C(=NC)NCC(C)(C)S(C)(=O)=O)CC1)C(=O)OC(C)(C)C. The third kappa shape index (κ3) is 8.03. The zero-order valence-electron chi connectivity index (χ0n) is 19.4. The van der Waals surface area contributed by atoms with Crippen molar-refractivity contribution in [2.24, 2.45) is 10.9 Å². The lowest BCUT2D eigenvalue weighted by atomic mass is 9.96. The van der Waals surface area contributed by atoms with E-state index in [0.717, 1.165) is 31.9 Å². The third-order valence-corrected chi connectivity index (χ3v) is 7.47. The first-order valence-corrected chi connectivity index (χ1v) is 12.2. The number of hydrogen-bond acceptors (Lipinski definition) is 5. The number of hydrogen-bond donors (Lipinski definition) is 1. The minimum Gasteiger partial charge on any atom is -0.444 e. The number of likely N-dealkylation sites (tertiary alicyclic amines) is 1. The Kier molecular flexibility index (Phi) is 8.80. The molecule has 0 atom stereocenters. The highest BCUT2D eigenvalue weighted by Crippen LogP contribution is 2.20. The maximum atomic E-state index is 12.4. The van der Waals surface area contributed by atoms with E-state index in [4.69, 9.17) is 4.74 Å². The molecule has 1 aliphatic rings. The van der Waals surface area contributed by atoms with Gasteiger partial charge < -0.3 is 19.9 Å². The van der Waals surface area contributed by atoms with Crippen LogP contribution in [0.25, 0.3) is 0 Å². The third-order valence-electron chi connectivity index (χ3n) is 5.31. The standard InChI is InChI=1S/C20H40N4O4S/c1-9-23(18(25)28-19(2,3)4)14-16-10-12-24(13-11-16)17(21-7)22-15-20(5,6)29(8,26)27/h16H,9-15H2,1-8H3,(H,21,22). The second kappa shape index (κ2) is 10.00. The molecule has 0 unspecified atom stereocenters. The number of nitrogens with one attached hydrogen (secondary N) is 1. The smallest absolute Gasteiger partial charge is 0.410 e. The van der Waals surface area contributed by atoms with E-state index in [0.29, 0.717) is 25.6 Å². The predicted octanol–water partition coefficient (Wildman–Crippen LogP) is 2.35. The first kappa shape index (κ1) is 25.5. The van der Waals surface area contributed by atoms with Gasteiger partial charge in [-0.15, -0.1) is 0 Å². The number of aliphatic imine (C=N–C) groups is 1. The molecule has 1 heterocycles. The van der Waals surface area contributed by atoms with Crippen LogP contribution < -0.4 is 5.32 Å². The van der Waals surface area contributed by atoms with Gasteiger partial charge in [0, 0.05) is 46.0 Å². The van der Waals surface area contributed by atoms with Gasteiger partial charge in [0.05, 0.1) is 4.75 Å². The van der Waals surface area contributed by atoms with Crippen molar-refractivity contribution in [2.45, 2.75) is 64.7 Å². The Bertz CT molecular complexity index is 675. The van der Waals surface area contributed by atoms with Crippen molar-refractivity contribution in [3.8, 4) is 0 Å². The molecule has 1 rings (SSSR count). The summed E-state index contributed by atoms with van der Waals surface area (Å²) in [5.41, 5.74) is -0.494. The fourth-order valence-corrected chi connectivity index (χ4v) is 3.39. The van der Waals surface area contributed by atoms with Crippen LogP contribution >= 0.6 is 0 Å². The van der Waals surface area contributed by atoms with Gasteiger partial charge >= 0.3 is 6.09 Å². The molecule has 1 fully saturated rings. The Morgan fingerprint density at radius 3 is 2.17 bits per heavy atom. The number of guanidine groups is 1. The van der Waals surface area contributed by atoms with E-state index in [9.17, 15) is 13.2 Å². The van der Waals surface area contributed by atoms with Crippen LogP contribution in [0.5, 0.6) is 0 Å². The van der Waals surface area contributed by atoms with Gasteiger partial charge in [-0.3, -0.25) is 4.99 Å². The van der Waals surface area contributed by atoms with Crippen molar-refractivity contribution in [3.05, 3.63) is 0 Å². The molecule has 0 aromatic heterocycles. The van der Waals surface area contributed by atoms with E-state index >= 15 is 0 Å². The van der Waals surface area contributed by atoms with E-state index in [1.54, 1.807) is 25.8 Å². The largest absolute Gasteiger partial charge is 0.444 e. The van der Waals surface area contributed by atoms with Gasteiger partial charge in [0.15, 0.2) is 15.8 Å². The lowest BCUT2D eigenvalue weighted by Gasteiger charge is -2.37. The van der Waals surface area contributed by atoms with Crippen LogP contribution in [0.1, 0.15) is 54.4 Å². The fourth-order valence-electron chi connectivity index (χ4n) is 3.05. The molecule has 29 heavy (non-hydrogen) atoms. The second-order valence-electron chi connectivity index (χ2n) is 9.38. The van der Waals surface area contributed by atoms with Gasteiger partial charge in [-0.1, -0.05) is 0 Å². The Hall–Kier alpha value is -1.51. The molecule has 0 bridgehead atoms. The van der Waals surface area contributed by atoms with E-state index in [1.807, 2.05) is 27.7 Å². The summed E-state index contributed by atoms with van der Waals surface area (Å²) in [7, 11) is -1.46. The van der Waals surface area contributed by atoms with Gasteiger partial charge in [0.25, 0.3) is 0 Å². The molecule has 170 valence electrons. The molecular weight excluding hydrogens is 392 g/mol. The highest BCUT2D eigenvalue weighted by atomic mass is 32.2. The van der Waals surface area contributed by atoms with E-state index in [-0.39, 0.29) is 6.09 Å². The molecule has 1 saturated heterocycles. The van der Waals surface area contributed by atoms with Crippen LogP contribution in [0.4, 0.5) is 4.79 Å². The fraction of sp³-hybridized carbons (Fsp3) is 0.900. The zero-order chi connectivity index (χ0) is 22.5. The van der Waals surface area contributed by atoms with Crippen LogP contribution in [0.15, 0.2) is 4.99 Å². The minimum atomic E-state index is -3.17. The summed E-state index contributed by atoms with van der Waals surface area (Å²) >= 11 is 0. The van der Waals surface area contributed by atoms with Crippen molar-refractivity contribution >= 4 is 21.9 Å². The summed E-state index contributed by atoms with van der Waals surface area (Å²) < 4.78 is 28.5. The number of nitrogens with zero attached hydrogens (tertiary/aromatic N) is 3. The summed E-state index contributed by atoms with van der Waals surface area (Å²) in [6, 6.07) is 0. The first-order valence-electron chi connectivity index (χ1n) is 10.3. The number of ether oxygens (including phenoxy) is 1. The molecular formula is C20H40N4O4S. The van der Waals surface area contributed by atoms with Crippen molar-refractivity contribution < 1.29 is 17.9 Å². The Labute approximate surface area is 177 Å². The van der Waals surface area contributed by atoms with Gasteiger partial charge in [-0.05, 0) is 60.3 Å².